The van der Waals surface area contributed by atoms with Gasteiger partial charge >= 0.3 is 5.97 Å². The van der Waals surface area contributed by atoms with Crippen molar-refractivity contribution in [3.63, 3.8) is 0 Å². The van der Waals surface area contributed by atoms with E-state index in [2.05, 4.69) is 5.32 Å². The summed E-state index contributed by atoms with van der Waals surface area (Å²) in [7, 11) is 0. The largest absolute Gasteiger partial charge is 0.460 e. The first-order chi connectivity index (χ1) is 9.47. The van der Waals surface area contributed by atoms with Crippen molar-refractivity contribution in [3.8, 4) is 0 Å². The van der Waals surface area contributed by atoms with Crippen LogP contribution >= 0.6 is 0 Å². The smallest absolute Gasteiger partial charge is 0.338 e. The minimum absolute atomic E-state index is 0.206. The minimum Gasteiger partial charge on any atom is -0.460 e. The molecule has 0 amide bonds. The fourth-order valence-corrected chi connectivity index (χ4v) is 2.26. The Morgan fingerprint density at radius 1 is 1.30 bits per heavy atom. The highest BCUT2D eigenvalue weighted by molar-refractivity contribution is 5.93. The monoisotopic (exact) mass is 277 g/mol. The van der Waals surface area contributed by atoms with Crippen LogP contribution in [-0.4, -0.2) is 31.3 Å². The van der Waals surface area contributed by atoms with Crippen LogP contribution in [0, 0.1) is 0 Å². The van der Waals surface area contributed by atoms with Gasteiger partial charge < -0.3 is 14.8 Å². The van der Waals surface area contributed by atoms with E-state index < -0.39 is 0 Å². The zero-order chi connectivity index (χ0) is 14.6. The van der Waals surface area contributed by atoms with Crippen molar-refractivity contribution in [2.24, 2.45) is 0 Å². The van der Waals surface area contributed by atoms with Gasteiger partial charge in [0, 0.05) is 12.2 Å². The highest BCUT2D eigenvalue weighted by Crippen LogP contribution is 2.25. The summed E-state index contributed by atoms with van der Waals surface area (Å²) in [6.07, 6.45) is 1.97. The van der Waals surface area contributed by atoms with Gasteiger partial charge in [0.2, 0.25) is 0 Å². The SMILES string of the molecule is CC(C)(C)OCCOC(=O)c1cccc2c1CCCN2. The van der Waals surface area contributed by atoms with Crippen molar-refractivity contribution in [2.45, 2.75) is 39.2 Å². The number of hydrogen-bond donors (Lipinski definition) is 1. The molecule has 1 aromatic carbocycles. The average Bonchev–Trinajstić information content (AvgIpc) is 2.41. The Labute approximate surface area is 120 Å². The normalized spacial score (nSPS) is 14.3. The van der Waals surface area contributed by atoms with Crippen LogP contribution < -0.4 is 5.32 Å². The van der Waals surface area contributed by atoms with Crippen LogP contribution in [0.15, 0.2) is 18.2 Å². The molecule has 1 aliphatic rings. The van der Waals surface area contributed by atoms with Crippen LogP contribution in [0.4, 0.5) is 5.69 Å². The number of rotatable bonds is 4. The molecule has 2 rings (SSSR count). The third-order valence-corrected chi connectivity index (χ3v) is 3.17. The molecule has 0 bridgehead atoms. The lowest BCUT2D eigenvalue weighted by Crippen LogP contribution is -2.23. The Balaban J connectivity index is 1.93. The molecule has 1 heterocycles. The van der Waals surface area contributed by atoms with Crippen molar-refractivity contribution in [1.82, 2.24) is 0 Å². The number of hydrogen-bond acceptors (Lipinski definition) is 4. The van der Waals surface area contributed by atoms with E-state index in [0.717, 1.165) is 30.6 Å². The third kappa shape index (κ3) is 3.97. The van der Waals surface area contributed by atoms with Crippen LogP contribution in [0.3, 0.4) is 0 Å². The fraction of sp³-hybridized carbons (Fsp3) is 0.562. The van der Waals surface area contributed by atoms with Gasteiger partial charge in [-0.1, -0.05) is 6.07 Å². The zero-order valence-electron chi connectivity index (χ0n) is 12.5. The second-order valence-electron chi connectivity index (χ2n) is 5.96. The molecule has 0 aromatic heterocycles. The Morgan fingerprint density at radius 2 is 2.10 bits per heavy atom. The van der Waals surface area contributed by atoms with E-state index in [4.69, 9.17) is 9.47 Å². The average molecular weight is 277 g/mol. The molecule has 4 nitrogen and oxygen atoms in total. The standard InChI is InChI=1S/C16H23NO3/c1-16(2,3)20-11-10-19-15(18)13-6-4-8-14-12(13)7-5-9-17-14/h4,6,8,17H,5,7,9-11H2,1-3H3. The number of fused-ring (bicyclic) bond motifs is 1. The number of carbonyl (C=O) groups is 1. The number of carbonyl (C=O) groups excluding carboxylic acids is 1. The van der Waals surface area contributed by atoms with Crippen LogP contribution in [0.5, 0.6) is 0 Å². The van der Waals surface area contributed by atoms with Crippen molar-refractivity contribution in [3.05, 3.63) is 29.3 Å². The first kappa shape index (κ1) is 14.9. The summed E-state index contributed by atoms with van der Waals surface area (Å²) >= 11 is 0. The predicted molar refractivity (Wildman–Crippen MR) is 79.2 cm³/mol. The fourth-order valence-electron chi connectivity index (χ4n) is 2.26. The summed E-state index contributed by atoms with van der Waals surface area (Å²) in [5.74, 6) is -0.261. The van der Waals surface area contributed by atoms with Gasteiger partial charge in [0.15, 0.2) is 0 Å². The molecule has 0 unspecified atom stereocenters. The third-order valence-electron chi connectivity index (χ3n) is 3.17. The lowest BCUT2D eigenvalue weighted by molar-refractivity contribution is -0.0281. The molecular weight excluding hydrogens is 254 g/mol. The Bertz CT molecular complexity index is 477. The zero-order valence-corrected chi connectivity index (χ0v) is 12.5. The Kier molecular flexibility index (Phi) is 4.65. The van der Waals surface area contributed by atoms with Crippen molar-refractivity contribution >= 4 is 11.7 Å². The topological polar surface area (TPSA) is 47.6 Å². The summed E-state index contributed by atoms with van der Waals surface area (Å²) in [4.78, 5) is 12.1. The molecule has 0 radical (unpaired) electrons. The van der Waals surface area contributed by atoms with Gasteiger partial charge in [-0.15, -0.1) is 0 Å². The number of esters is 1. The highest BCUT2D eigenvalue weighted by Gasteiger charge is 2.18. The van der Waals surface area contributed by atoms with Gasteiger partial charge in [-0.3, -0.25) is 0 Å². The highest BCUT2D eigenvalue weighted by atomic mass is 16.6. The van der Waals surface area contributed by atoms with Crippen molar-refractivity contribution in [1.29, 1.82) is 0 Å². The van der Waals surface area contributed by atoms with Crippen LogP contribution in [-0.2, 0) is 15.9 Å². The van der Waals surface area contributed by atoms with Crippen molar-refractivity contribution in [2.75, 3.05) is 25.1 Å². The summed E-state index contributed by atoms with van der Waals surface area (Å²) in [5.41, 5.74) is 2.59. The molecule has 0 saturated carbocycles. The maximum atomic E-state index is 12.1. The molecule has 1 aromatic rings. The molecule has 20 heavy (non-hydrogen) atoms. The van der Waals surface area contributed by atoms with E-state index in [9.17, 15) is 4.79 Å². The number of anilines is 1. The summed E-state index contributed by atoms with van der Waals surface area (Å²) in [5, 5.41) is 3.31. The molecule has 0 aliphatic carbocycles. The number of benzene rings is 1. The molecular formula is C16H23NO3. The van der Waals surface area contributed by atoms with Crippen LogP contribution in [0.25, 0.3) is 0 Å². The second kappa shape index (κ2) is 6.27. The maximum absolute atomic E-state index is 12.1. The minimum atomic E-state index is -0.261. The first-order valence-corrected chi connectivity index (χ1v) is 7.14. The van der Waals surface area contributed by atoms with E-state index >= 15 is 0 Å². The molecule has 1 aliphatic heterocycles. The molecule has 1 N–H and O–H groups in total. The number of nitrogens with one attached hydrogen (secondary N) is 1. The molecule has 110 valence electrons. The van der Waals surface area contributed by atoms with Gasteiger partial charge in [-0.05, 0) is 51.3 Å². The quantitative estimate of drug-likeness (QED) is 0.679. The van der Waals surface area contributed by atoms with Gasteiger partial charge in [0.05, 0.1) is 17.8 Å². The van der Waals surface area contributed by atoms with E-state index in [1.807, 2.05) is 39.0 Å². The molecule has 0 spiro atoms. The summed E-state index contributed by atoms with van der Waals surface area (Å²) < 4.78 is 10.8. The summed E-state index contributed by atoms with van der Waals surface area (Å²) in [6.45, 7) is 7.61. The van der Waals surface area contributed by atoms with Gasteiger partial charge in [0.1, 0.15) is 6.61 Å². The lowest BCUT2D eigenvalue weighted by atomic mass is 9.98. The molecule has 0 atom stereocenters. The molecule has 4 heteroatoms. The van der Waals surface area contributed by atoms with Gasteiger partial charge in [-0.2, -0.15) is 0 Å². The molecule has 0 saturated heterocycles. The van der Waals surface area contributed by atoms with Crippen LogP contribution in [0.2, 0.25) is 0 Å². The van der Waals surface area contributed by atoms with E-state index in [0.29, 0.717) is 12.2 Å². The lowest BCUT2D eigenvalue weighted by Gasteiger charge is -2.21. The second-order valence-corrected chi connectivity index (χ2v) is 5.96. The van der Waals surface area contributed by atoms with E-state index in [1.54, 1.807) is 0 Å². The van der Waals surface area contributed by atoms with Crippen molar-refractivity contribution < 1.29 is 14.3 Å². The Hall–Kier alpha value is -1.55. The number of ether oxygens (including phenoxy) is 2. The van der Waals surface area contributed by atoms with Gasteiger partial charge in [-0.25, -0.2) is 4.79 Å². The van der Waals surface area contributed by atoms with E-state index in [-0.39, 0.29) is 18.2 Å². The first-order valence-electron chi connectivity index (χ1n) is 7.14. The summed E-state index contributed by atoms with van der Waals surface area (Å²) in [6, 6.07) is 5.73. The van der Waals surface area contributed by atoms with Gasteiger partial charge in [0.25, 0.3) is 0 Å². The predicted octanol–water partition coefficient (Wildman–Crippen LogP) is 3.02. The van der Waals surface area contributed by atoms with E-state index in [1.165, 1.54) is 0 Å². The Morgan fingerprint density at radius 3 is 2.85 bits per heavy atom. The maximum Gasteiger partial charge on any atom is 0.338 e. The van der Waals surface area contributed by atoms with Crippen LogP contribution in [0.1, 0.15) is 43.1 Å². The molecule has 0 fully saturated rings.